The highest BCUT2D eigenvalue weighted by Crippen LogP contribution is 2.38. The third-order valence-corrected chi connectivity index (χ3v) is 6.76. The van der Waals surface area contributed by atoms with E-state index in [-0.39, 0.29) is 24.5 Å². The van der Waals surface area contributed by atoms with E-state index < -0.39 is 16.0 Å². The van der Waals surface area contributed by atoms with E-state index in [0.29, 0.717) is 33.9 Å². The van der Waals surface area contributed by atoms with E-state index >= 15 is 0 Å². The Morgan fingerprint density at radius 3 is 2.43 bits per heavy atom. The van der Waals surface area contributed by atoms with E-state index in [4.69, 9.17) is 14.2 Å². The molecule has 0 aliphatic carbocycles. The van der Waals surface area contributed by atoms with Gasteiger partial charge in [-0.05, 0) is 54.8 Å². The topological polar surface area (TPSA) is 82.1 Å². The Balaban J connectivity index is 2.08. The smallest absolute Gasteiger partial charge is 0.309 e. The minimum atomic E-state index is -3.83. The zero-order valence-corrected chi connectivity index (χ0v) is 17.1. The summed E-state index contributed by atoms with van der Waals surface area (Å²) in [5, 5.41) is 0. The first kappa shape index (κ1) is 20.0. The summed E-state index contributed by atoms with van der Waals surface area (Å²) in [5.41, 5.74) is 2.29. The molecule has 1 aliphatic heterocycles. The van der Waals surface area contributed by atoms with Crippen LogP contribution in [0.4, 0.5) is 5.69 Å². The van der Waals surface area contributed by atoms with Crippen LogP contribution in [-0.4, -0.2) is 41.8 Å². The molecule has 3 rings (SSSR count). The number of ether oxygens (including phenoxy) is 3. The van der Waals surface area contributed by atoms with Gasteiger partial charge in [0.2, 0.25) is 0 Å². The molecule has 0 atom stereocenters. The van der Waals surface area contributed by atoms with Gasteiger partial charge in [0.15, 0.2) is 0 Å². The highest BCUT2D eigenvalue weighted by Gasteiger charge is 2.33. The van der Waals surface area contributed by atoms with E-state index in [0.717, 1.165) is 0 Å². The summed E-state index contributed by atoms with van der Waals surface area (Å²) >= 11 is 0. The molecule has 0 saturated heterocycles. The first-order valence-electron chi connectivity index (χ1n) is 8.78. The number of methoxy groups -OCH3 is 2. The third-order valence-electron chi connectivity index (χ3n) is 4.64. The van der Waals surface area contributed by atoms with E-state index in [1.807, 2.05) is 0 Å². The molecular formula is C20H23NO6S. The van der Waals surface area contributed by atoms with Crippen molar-refractivity contribution in [1.82, 2.24) is 0 Å². The Kier molecular flexibility index (Phi) is 5.51. The molecule has 28 heavy (non-hydrogen) atoms. The van der Waals surface area contributed by atoms with E-state index in [1.54, 1.807) is 51.3 Å². The zero-order valence-electron chi connectivity index (χ0n) is 16.3. The predicted octanol–water partition coefficient (Wildman–Crippen LogP) is 2.62. The fraction of sp³-hybridized carbons (Fsp3) is 0.350. The third kappa shape index (κ3) is 3.64. The molecule has 0 bridgehead atoms. The maximum atomic E-state index is 13.5. The van der Waals surface area contributed by atoms with Crippen LogP contribution >= 0.6 is 0 Å². The number of carbonyl (C=O) groups excluding carboxylic acids is 1. The van der Waals surface area contributed by atoms with Gasteiger partial charge in [0, 0.05) is 0 Å². The average molecular weight is 405 g/mol. The summed E-state index contributed by atoms with van der Waals surface area (Å²) in [4.78, 5) is 11.9. The van der Waals surface area contributed by atoms with Gasteiger partial charge in [-0.15, -0.1) is 0 Å². The first-order chi connectivity index (χ1) is 13.3. The van der Waals surface area contributed by atoms with Gasteiger partial charge in [0.05, 0.1) is 37.8 Å². The molecule has 7 nitrogen and oxygen atoms in total. The number of carbonyl (C=O) groups is 1. The van der Waals surface area contributed by atoms with Crippen LogP contribution in [-0.2, 0) is 26.0 Å². The molecule has 0 unspecified atom stereocenters. The maximum Gasteiger partial charge on any atom is 0.309 e. The molecule has 0 radical (unpaired) electrons. The quantitative estimate of drug-likeness (QED) is 0.712. The number of nitrogens with zero attached hydrogens (tertiary/aromatic N) is 1. The number of aryl methyl sites for hydroxylation is 2. The summed E-state index contributed by atoms with van der Waals surface area (Å²) in [6, 6.07) is 8.49. The normalized spacial score (nSPS) is 13.5. The molecule has 0 amide bonds. The Hall–Kier alpha value is -2.74. The van der Waals surface area contributed by atoms with Gasteiger partial charge >= 0.3 is 5.97 Å². The van der Waals surface area contributed by atoms with Crippen molar-refractivity contribution in [3.05, 3.63) is 47.0 Å². The van der Waals surface area contributed by atoms with Gasteiger partial charge in [0.25, 0.3) is 10.0 Å². The number of sulfonamides is 1. The minimum absolute atomic E-state index is 0.0538. The minimum Gasteiger partial charge on any atom is -0.497 e. The molecule has 0 fully saturated rings. The van der Waals surface area contributed by atoms with Gasteiger partial charge < -0.3 is 14.2 Å². The van der Waals surface area contributed by atoms with Crippen molar-refractivity contribution in [2.75, 3.05) is 31.7 Å². The second-order valence-electron chi connectivity index (χ2n) is 6.57. The molecular weight excluding hydrogens is 382 g/mol. The fourth-order valence-electron chi connectivity index (χ4n) is 3.38. The molecule has 0 spiro atoms. The van der Waals surface area contributed by atoms with Crippen LogP contribution in [0.2, 0.25) is 0 Å². The lowest BCUT2D eigenvalue weighted by atomic mass is 10.1. The molecule has 0 saturated carbocycles. The zero-order chi connectivity index (χ0) is 20.5. The number of hydrogen-bond donors (Lipinski definition) is 0. The van der Waals surface area contributed by atoms with E-state index in [9.17, 15) is 13.2 Å². The first-order valence-corrected chi connectivity index (χ1v) is 10.2. The monoisotopic (exact) mass is 405 g/mol. The number of benzene rings is 2. The van der Waals surface area contributed by atoms with E-state index in [1.165, 1.54) is 11.4 Å². The van der Waals surface area contributed by atoms with Gasteiger partial charge in [-0.3, -0.25) is 9.10 Å². The van der Waals surface area contributed by atoms with Crippen molar-refractivity contribution in [2.45, 2.75) is 25.2 Å². The Morgan fingerprint density at radius 2 is 1.82 bits per heavy atom. The lowest BCUT2D eigenvalue weighted by Gasteiger charge is -2.31. The highest BCUT2D eigenvalue weighted by atomic mass is 32.2. The molecule has 2 aromatic rings. The average Bonchev–Trinajstić information content (AvgIpc) is 2.66. The van der Waals surface area contributed by atoms with E-state index in [2.05, 4.69) is 0 Å². The van der Waals surface area contributed by atoms with Crippen LogP contribution in [0.25, 0.3) is 0 Å². The summed E-state index contributed by atoms with van der Waals surface area (Å²) in [6.45, 7) is 3.92. The Morgan fingerprint density at radius 1 is 1.14 bits per heavy atom. The van der Waals surface area contributed by atoms with Crippen LogP contribution < -0.4 is 13.8 Å². The van der Waals surface area contributed by atoms with Crippen molar-refractivity contribution in [3.8, 4) is 11.5 Å². The van der Waals surface area contributed by atoms with Gasteiger partial charge in [-0.25, -0.2) is 8.42 Å². The molecule has 2 aromatic carbocycles. The van der Waals surface area contributed by atoms with Gasteiger partial charge in [-0.2, -0.15) is 0 Å². The fourth-order valence-corrected chi connectivity index (χ4v) is 5.25. The standard InChI is InChI=1S/C20H23NO6S/c1-13-9-16(25-3)10-14(2)20(13)28(23,24)21-7-8-27-18-6-5-15(11-17(18)21)12-19(22)26-4/h5-6,9-11H,7-8,12H2,1-4H3. The summed E-state index contributed by atoms with van der Waals surface area (Å²) < 4.78 is 43.9. The molecule has 0 aromatic heterocycles. The van der Waals surface area contributed by atoms with Crippen LogP contribution in [0.5, 0.6) is 11.5 Å². The second-order valence-corrected chi connectivity index (χ2v) is 8.37. The van der Waals surface area contributed by atoms with Gasteiger partial charge in [0.1, 0.15) is 18.1 Å². The van der Waals surface area contributed by atoms with Crippen molar-refractivity contribution < 1.29 is 27.4 Å². The van der Waals surface area contributed by atoms with Crippen molar-refractivity contribution in [2.24, 2.45) is 0 Å². The lowest BCUT2D eigenvalue weighted by molar-refractivity contribution is -0.139. The van der Waals surface area contributed by atoms with Crippen LogP contribution in [0.1, 0.15) is 16.7 Å². The largest absolute Gasteiger partial charge is 0.497 e. The lowest BCUT2D eigenvalue weighted by Crippen LogP contribution is -2.38. The molecule has 0 N–H and O–H groups in total. The van der Waals surface area contributed by atoms with Crippen molar-refractivity contribution >= 4 is 21.7 Å². The second kappa shape index (κ2) is 7.71. The molecule has 1 aliphatic rings. The summed E-state index contributed by atoms with van der Waals surface area (Å²) in [7, 11) is -0.971. The van der Waals surface area contributed by atoms with Crippen molar-refractivity contribution in [1.29, 1.82) is 0 Å². The van der Waals surface area contributed by atoms with Crippen molar-refractivity contribution in [3.63, 3.8) is 0 Å². The van der Waals surface area contributed by atoms with Crippen LogP contribution in [0.3, 0.4) is 0 Å². The molecule has 8 heteroatoms. The molecule has 1 heterocycles. The summed E-state index contributed by atoms with van der Waals surface area (Å²) in [6.07, 6.45) is 0.0538. The predicted molar refractivity (Wildman–Crippen MR) is 105 cm³/mol. The van der Waals surface area contributed by atoms with Gasteiger partial charge in [-0.1, -0.05) is 6.07 Å². The highest BCUT2D eigenvalue weighted by molar-refractivity contribution is 7.93. The van der Waals surface area contributed by atoms with Crippen LogP contribution in [0, 0.1) is 13.8 Å². The number of fused-ring (bicyclic) bond motifs is 1. The number of rotatable bonds is 5. The van der Waals surface area contributed by atoms with Crippen LogP contribution in [0.15, 0.2) is 35.2 Å². The number of esters is 1. The SMILES string of the molecule is COC(=O)Cc1ccc2c(c1)N(S(=O)(=O)c1c(C)cc(OC)cc1C)CCO2. The Labute approximate surface area is 164 Å². The summed E-state index contributed by atoms with van der Waals surface area (Å²) in [5.74, 6) is 0.678. The number of anilines is 1. The molecule has 150 valence electrons. The maximum absolute atomic E-state index is 13.5. The Bertz CT molecular complexity index is 992. The number of hydrogen-bond acceptors (Lipinski definition) is 6.